The Kier molecular flexibility index (Phi) is 4.96. The van der Waals surface area contributed by atoms with Crippen molar-refractivity contribution in [2.75, 3.05) is 0 Å². The number of carboxylic acids is 1. The van der Waals surface area contributed by atoms with Gasteiger partial charge in [-0.1, -0.05) is 64.5 Å². The molecule has 0 aliphatic heterocycles. The number of aromatic amines is 1. The number of fused-ring (bicyclic) bond motifs is 3. The second-order valence-electron chi connectivity index (χ2n) is 5.41. The number of benzene rings is 3. The molecule has 0 spiro atoms. The summed E-state index contributed by atoms with van der Waals surface area (Å²) in [6.45, 7) is 0. The van der Waals surface area contributed by atoms with Crippen LogP contribution < -0.4 is 0 Å². The Hall–Kier alpha value is -2.59. The average molecular weight is 382 g/mol. The van der Waals surface area contributed by atoms with Crippen LogP contribution in [0.1, 0.15) is 5.56 Å². The van der Waals surface area contributed by atoms with E-state index in [-0.39, 0.29) is 6.42 Å². The quantitative estimate of drug-likeness (QED) is 0.488. The molecule has 4 heteroatoms. The summed E-state index contributed by atoms with van der Waals surface area (Å²) < 4.78 is 0.964. The molecule has 0 aliphatic carbocycles. The van der Waals surface area contributed by atoms with Crippen LogP contribution in [0.25, 0.3) is 21.8 Å². The Bertz CT molecular complexity index is 923. The smallest absolute Gasteiger partial charge is 0.307 e. The van der Waals surface area contributed by atoms with E-state index in [1.807, 2.05) is 12.1 Å². The van der Waals surface area contributed by atoms with Gasteiger partial charge in [-0.25, -0.2) is 0 Å². The van der Waals surface area contributed by atoms with Gasteiger partial charge in [0.05, 0.1) is 6.42 Å². The zero-order chi connectivity index (χ0) is 16.9. The van der Waals surface area contributed by atoms with Crippen molar-refractivity contribution in [1.82, 2.24) is 4.98 Å². The van der Waals surface area contributed by atoms with Gasteiger partial charge in [0.2, 0.25) is 0 Å². The first-order valence-corrected chi connectivity index (χ1v) is 8.34. The third kappa shape index (κ3) is 3.84. The topological polar surface area (TPSA) is 53.1 Å². The highest BCUT2D eigenvalue weighted by Gasteiger charge is 2.00. The molecule has 2 N–H and O–H groups in total. The number of H-pyrrole nitrogens is 1. The van der Waals surface area contributed by atoms with Gasteiger partial charge in [-0.15, -0.1) is 0 Å². The molecule has 0 amide bonds. The van der Waals surface area contributed by atoms with Crippen LogP contribution in [0, 0.1) is 0 Å². The molecular formula is C20H16BrNO2. The largest absolute Gasteiger partial charge is 0.481 e. The predicted molar refractivity (Wildman–Crippen MR) is 101 cm³/mol. The number of hydrogen-bond donors (Lipinski definition) is 2. The lowest BCUT2D eigenvalue weighted by Gasteiger charge is -1.95. The number of aromatic nitrogens is 1. The Morgan fingerprint density at radius 1 is 0.833 bits per heavy atom. The number of para-hydroxylation sites is 2. The first kappa shape index (κ1) is 16.3. The highest BCUT2D eigenvalue weighted by Crippen LogP contribution is 2.24. The van der Waals surface area contributed by atoms with Crippen molar-refractivity contribution in [3.05, 3.63) is 82.8 Å². The summed E-state index contributed by atoms with van der Waals surface area (Å²) in [5.74, 6) is -0.799. The first-order valence-electron chi connectivity index (χ1n) is 7.55. The van der Waals surface area contributed by atoms with Gasteiger partial charge in [-0.3, -0.25) is 4.79 Å². The Labute approximate surface area is 148 Å². The molecule has 0 saturated carbocycles. The number of carboxylic acid groups (broad SMARTS) is 1. The van der Waals surface area contributed by atoms with Crippen molar-refractivity contribution in [2.24, 2.45) is 0 Å². The Balaban J connectivity index is 0.000000144. The van der Waals surface area contributed by atoms with Crippen LogP contribution in [-0.2, 0) is 11.2 Å². The lowest BCUT2D eigenvalue weighted by Crippen LogP contribution is -1.99. The van der Waals surface area contributed by atoms with Crippen molar-refractivity contribution in [3.8, 4) is 0 Å². The summed E-state index contributed by atoms with van der Waals surface area (Å²) in [7, 11) is 0. The molecule has 0 fully saturated rings. The van der Waals surface area contributed by atoms with E-state index in [2.05, 4.69) is 69.4 Å². The van der Waals surface area contributed by atoms with Crippen LogP contribution in [-0.4, -0.2) is 16.1 Å². The highest BCUT2D eigenvalue weighted by molar-refractivity contribution is 9.10. The summed E-state index contributed by atoms with van der Waals surface area (Å²) in [5.41, 5.74) is 3.24. The zero-order valence-electron chi connectivity index (χ0n) is 12.9. The van der Waals surface area contributed by atoms with Crippen molar-refractivity contribution in [2.45, 2.75) is 6.42 Å². The summed E-state index contributed by atoms with van der Waals surface area (Å²) >= 11 is 3.26. The maximum Gasteiger partial charge on any atom is 0.307 e. The monoisotopic (exact) mass is 381 g/mol. The van der Waals surface area contributed by atoms with E-state index in [9.17, 15) is 4.79 Å². The van der Waals surface area contributed by atoms with E-state index in [0.29, 0.717) is 0 Å². The molecule has 24 heavy (non-hydrogen) atoms. The number of halogens is 1. The second kappa shape index (κ2) is 7.32. The van der Waals surface area contributed by atoms with Crippen LogP contribution >= 0.6 is 15.9 Å². The molecule has 3 nitrogen and oxygen atoms in total. The zero-order valence-corrected chi connectivity index (χ0v) is 14.5. The number of hydrogen-bond acceptors (Lipinski definition) is 1. The van der Waals surface area contributed by atoms with E-state index in [1.165, 1.54) is 21.8 Å². The van der Waals surface area contributed by atoms with Crippen molar-refractivity contribution in [3.63, 3.8) is 0 Å². The van der Waals surface area contributed by atoms with Gasteiger partial charge in [0.25, 0.3) is 0 Å². The average Bonchev–Trinajstić information content (AvgIpc) is 2.96. The Morgan fingerprint density at radius 3 is 1.83 bits per heavy atom. The van der Waals surface area contributed by atoms with Crippen LogP contribution in [0.2, 0.25) is 0 Å². The molecule has 0 radical (unpaired) electrons. The minimum atomic E-state index is -0.799. The van der Waals surface area contributed by atoms with Crippen LogP contribution in [0.15, 0.2) is 77.3 Å². The van der Waals surface area contributed by atoms with Crippen molar-refractivity contribution < 1.29 is 9.90 Å². The summed E-state index contributed by atoms with van der Waals surface area (Å²) in [5, 5.41) is 11.0. The standard InChI is InChI=1S/C12H9N.C8H7BrO2/c1-3-7-11-9(5-1)10-6-2-4-8-12(10)13-11;9-7-3-1-6(2-4-7)5-8(10)11/h1-8,13H;1-4H,5H2,(H,10,11). The molecular weight excluding hydrogens is 366 g/mol. The third-order valence-electron chi connectivity index (χ3n) is 3.68. The van der Waals surface area contributed by atoms with E-state index in [4.69, 9.17) is 5.11 Å². The molecule has 0 atom stereocenters. The van der Waals surface area contributed by atoms with Crippen LogP contribution in [0.3, 0.4) is 0 Å². The third-order valence-corrected chi connectivity index (χ3v) is 4.21. The molecule has 1 aromatic heterocycles. The van der Waals surface area contributed by atoms with Gasteiger partial charge >= 0.3 is 5.97 Å². The maximum absolute atomic E-state index is 10.2. The number of carbonyl (C=O) groups is 1. The maximum atomic E-state index is 10.2. The van der Waals surface area contributed by atoms with Gasteiger partial charge in [-0.05, 0) is 29.8 Å². The second-order valence-corrected chi connectivity index (χ2v) is 6.33. The number of nitrogens with one attached hydrogen (secondary N) is 1. The van der Waals surface area contributed by atoms with Crippen LogP contribution in [0.4, 0.5) is 0 Å². The van der Waals surface area contributed by atoms with E-state index in [0.717, 1.165) is 10.0 Å². The normalized spacial score (nSPS) is 10.4. The fraction of sp³-hybridized carbons (Fsp3) is 0.0500. The lowest BCUT2D eigenvalue weighted by molar-refractivity contribution is -0.136. The van der Waals surface area contributed by atoms with E-state index >= 15 is 0 Å². The SMILES string of the molecule is O=C(O)Cc1ccc(Br)cc1.c1ccc2c(c1)[nH]c1ccccc12. The van der Waals surface area contributed by atoms with E-state index < -0.39 is 5.97 Å². The molecule has 0 unspecified atom stereocenters. The highest BCUT2D eigenvalue weighted by atomic mass is 79.9. The molecule has 4 aromatic rings. The predicted octanol–water partition coefficient (Wildman–Crippen LogP) is 5.40. The van der Waals surface area contributed by atoms with Gasteiger partial charge in [0, 0.05) is 26.3 Å². The summed E-state index contributed by atoms with van der Waals surface area (Å²) in [6.07, 6.45) is 0.0906. The number of aliphatic carboxylic acids is 1. The van der Waals surface area contributed by atoms with Gasteiger partial charge < -0.3 is 10.1 Å². The molecule has 1 heterocycles. The number of rotatable bonds is 2. The van der Waals surface area contributed by atoms with Gasteiger partial charge in [0.1, 0.15) is 0 Å². The lowest BCUT2D eigenvalue weighted by atomic mass is 10.2. The van der Waals surface area contributed by atoms with Gasteiger partial charge in [-0.2, -0.15) is 0 Å². The molecule has 0 aliphatic rings. The molecule has 120 valence electrons. The molecule has 4 rings (SSSR count). The molecule has 3 aromatic carbocycles. The summed E-state index contributed by atoms with van der Waals surface area (Å²) in [4.78, 5) is 13.6. The minimum Gasteiger partial charge on any atom is -0.481 e. The Morgan fingerprint density at radius 2 is 1.33 bits per heavy atom. The fourth-order valence-electron chi connectivity index (χ4n) is 2.58. The van der Waals surface area contributed by atoms with Crippen molar-refractivity contribution >= 4 is 43.7 Å². The summed E-state index contributed by atoms with van der Waals surface area (Å²) in [6, 6.07) is 24.0. The van der Waals surface area contributed by atoms with Gasteiger partial charge in [0.15, 0.2) is 0 Å². The minimum absolute atomic E-state index is 0.0906. The molecule has 0 bridgehead atoms. The van der Waals surface area contributed by atoms with Crippen molar-refractivity contribution in [1.29, 1.82) is 0 Å². The first-order chi connectivity index (χ1) is 11.6. The fourth-order valence-corrected chi connectivity index (χ4v) is 2.84. The van der Waals surface area contributed by atoms with E-state index in [1.54, 1.807) is 12.1 Å². The van der Waals surface area contributed by atoms with Crippen LogP contribution in [0.5, 0.6) is 0 Å². The molecule has 0 saturated heterocycles.